The molecular weight excluding hydrogens is 304 g/mol. The Kier molecular flexibility index (Phi) is 4.51. The Bertz CT molecular complexity index is 593. The van der Waals surface area contributed by atoms with Gasteiger partial charge in [0.25, 0.3) is 0 Å². The van der Waals surface area contributed by atoms with Crippen LogP contribution in [0.4, 0.5) is 11.4 Å². The molecule has 120 valence electrons. The van der Waals surface area contributed by atoms with Crippen LogP contribution in [0.1, 0.15) is 0 Å². The van der Waals surface area contributed by atoms with Crippen LogP contribution in [0.5, 0.6) is 5.75 Å². The highest BCUT2D eigenvalue weighted by atomic mass is 16.7. The maximum absolute atomic E-state index is 11.0. The van der Waals surface area contributed by atoms with Crippen LogP contribution in [0.25, 0.3) is 0 Å². The van der Waals surface area contributed by atoms with Crippen molar-refractivity contribution in [1.82, 2.24) is 0 Å². The van der Waals surface area contributed by atoms with Crippen molar-refractivity contribution >= 4 is 11.4 Å². The number of rotatable bonds is 4. The van der Waals surface area contributed by atoms with Gasteiger partial charge in [0.2, 0.25) is 5.75 Å². The van der Waals surface area contributed by atoms with Gasteiger partial charge in [-0.1, -0.05) is 6.07 Å². The van der Waals surface area contributed by atoms with Crippen LogP contribution >= 0.6 is 0 Å². The molecule has 0 amide bonds. The number of hydrogen-bond donors (Lipinski definition) is 3. The summed E-state index contributed by atoms with van der Waals surface area (Å²) in [4.78, 5) is 19.9. The first-order chi connectivity index (χ1) is 10.3. The summed E-state index contributed by atoms with van der Waals surface area (Å²) in [5.74, 6) is -0.528. The summed E-state index contributed by atoms with van der Waals surface area (Å²) in [5, 5.41) is 50.7. The second-order valence-corrected chi connectivity index (χ2v) is 4.50. The highest BCUT2D eigenvalue weighted by Gasteiger charge is 2.41. The standard InChI is InChI=1S/C11H12N2O9/c14-6-4-21-11(16)10(9(6)15)22-7-3-1-2-5(12(17)18)8(7)13(19)20/h1-3,6,9-11,14-16H,4H2/t6-,9-,10+,11+/m0/s1. The van der Waals surface area contributed by atoms with Gasteiger partial charge in [-0.25, -0.2) is 0 Å². The van der Waals surface area contributed by atoms with Crippen molar-refractivity contribution in [2.45, 2.75) is 24.6 Å². The molecule has 1 aliphatic rings. The highest BCUT2D eigenvalue weighted by Crippen LogP contribution is 2.37. The van der Waals surface area contributed by atoms with Crippen molar-refractivity contribution in [1.29, 1.82) is 0 Å². The maximum Gasteiger partial charge on any atom is 0.387 e. The first kappa shape index (κ1) is 16.0. The van der Waals surface area contributed by atoms with Crippen LogP contribution in [0, 0.1) is 20.2 Å². The van der Waals surface area contributed by atoms with Crippen molar-refractivity contribution in [2.75, 3.05) is 6.61 Å². The molecule has 22 heavy (non-hydrogen) atoms. The molecule has 0 aliphatic carbocycles. The van der Waals surface area contributed by atoms with Gasteiger partial charge in [0.1, 0.15) is 12.2 Å². The number of para-hydroxylation sites is 1. The third kappa shape index (κ3) is 2.96. The largest absolute Gasteiger partial charge is 0.475 e. The topological polar surface area (TPSA) is 165 Å². The molecule has 0 spiro atoms. The fourth-order valence-corrected chi connectivity index (χ4v) is 1.99. The van der Waals surface area contributed by atoms with Crippen LogP contribution in [0.3, 0.4) is 0 Å². The predicted octanol–water partition coefficient (Wildman–Crippen LogP) is -0.679. The lowest BCUT2D eigenvalue weighted by molar-refractivity contribution is -0.423. The van der Waals surface area contributed by atoms with Gasteiger partial charge in [-0.2, -0.15) is 0 Å². The summed E-state index contributed by atoms with van der Waals surface area (Å²) in [5.41, 5.74) is -1.73. The SMILES string of the molecule is O=[N+]([O-])c1cccc(O[C@@H]2[C@@H](O)[C@@H](O)CO[C@H]2O)c1[N+](=O)[O-]. The average molecular weight is 316 g/mol. The molecule has 0 saturated carbocycles. The quantitative estimate of drug-likeness (QED) is 0.481. The van der Waals surface area contributed by atoms with Crippen LogP contribution in [-0.4, -0.2) is 56.4 Å². The monoisotopic (exact) mass is 316 g/mol. The molecule has 2 rings (SSSR count). The second kappa shape index (κ2) is 6.19. The lowest BCUT2D eigenvalue weighted by Crippen LogP contribution is -2.55. The summed E-state index contributed by atoms with van der Waals surface area (Å²) in [6, 6.07) is 3.15. The molecule has 4 atom stereocenters. The smallest absolute Gasteiger partial charge is 0.387 e. The van der Waals surface area contributed by atoms with E-state index in [1.807, 2.05) is 0 Å². The Labute approximate surface area is 122 Å². The fourth-order valence-electron chi connectivity index (χ4n) is 1.99. The first-order valence-electron chi connectivity index (χ1n) is 6.07. The van der Waals surface area contributed by atoms with Gasteiger partial charge >= 0.3 is 11.4 Å². The maximum atomic E-state index is 11.0. The van der Waals surface area contributed by atoms with E-state index in [0.29, 0.717) is 0 Å². The molecule has 1 fully saturated rings. The highest BCUT2D eigenvalue weighted by molar-refractivity contribution is 5.61. The van der Waals surface area contributed by atoms with Crippen molar-refractivity contribution in [3.8, 4) is 5.75 Å². The minimum Gasteiger partial charge on any atom is -0.475 e. The number of nitro benzene ring substituents is 2. The van der Waals surface area contributed by atoms with Crippen molar-refractivity contribution < 1.29 is 34.6 Å². The number of hydrogen-bond acceptors (Lipinski definition) is 9. The number of ether oxygens (including phenoxy) is 2. The Balaban J connectivity index is 2.38. The van der Waals surface area contributed by atoms with E-state index in [2.05, 4.69) is 0 Å². The third-order valence-electron chi connectivity index (χ3n) is 3.07. The molecule has 11 heteroatoms. The molecule has 1 aliphatic heterocycles. The Morgan fingerprint density at radius 1 is 1.18 bits per heavy atom. The molecule has 0 unspecified atom stereocenters. The molecule has 11 nitrogen and oxygen atoms in total. The molecule has 1 aromatic rings. The first-order valence-corrected chi connectivity index (χ1v) is 6.07. The van der Waals surface area contributed by atoms with Gasteiger partial charge in [-0.15, -0.1) is 0 Å². The number of nitro groups is 2. The molecule has 1 heterocycles. The zero-order chi connectivity index (χ0) is 16.4. The lowest BCUT2D eigenvalue weighted by Gasteiger charge is -2.35. The second-order valence-electron chi connectivity index (χ2n) is 4.50. The number of aliphatic hydroxyl groups is 3. The van der Waals surface area contributed by atoms with Crippen LogP contribution in [-0.2, 0) is 4.74 Å². The van der Waals surface area contributed by atoms with E-state index in [-0.39, 0.29) is 6.61 Å². The zero-order valence-electron chi connectivity index (χ0n) is 10.9. The summed E-state index contributed by atoms with van der Waals surface area (Å²) in [6.07, 6.45) is -6.14. The van der Waals surface area contributed by atoms with Gasteiger partial charge < -0.3 is 24.8 Å². The van der Waals surface area contributed by atoms with E-state index in [1.54, 1.807) is 0 Å². The lowest BCUT2D eigenvalue weighted by atomic mass is 10.1. The van der Waals surface area contributed by atoms with Gasteiger partial charge in [0, 0.05) is 6.07 Å². The molecule has 1 aromatic carbocycles. The summed E-state index contributed by atoms with van der Waals surface area (Å²) in [7, 11) is 0. The van der Waals surface area contributed by atoms with E-state index in [4.69, 9.17) is 9.47 Å². The third-order valence-corrected chi connectivity index (χ3v) is 3.07. The normalized spacial score (nSPS) is 28.1. The predicted molar refractivity (Wildman–Crippen MR) is 68.1 cm³/mol. The summed E-state index contributed by atoms with van der Waals surface area (Å²) in [6.45, 7) is -0.348. The zero-order valence-corrected chi connectivity index (χ0v) is 10.9. The van der Waals surface area contributed by atoms with E-state index >= 15 is 0 Å². The molecule has 0 radical (unpaired) electrons. The number of aliphatic hydroxyl groups excluding tert-OH is 3. The number of nitrogens with zero attached hydrogens (tertiary/aromatic N) is 2. The minimum atomic E-state index is -1.66. The Morgan fingerprint density at radius 2 is 1.86 bits per heavy atom. The van der Waals surface area contributed by atoms with Crippen LogP contribution < -0.4 is 4.74 Å². The summed E-state index contributed by atoms with van der Waals surface area (Å²) >= 11 is 0. The Hall–Kier alpha value is -2.34. The van der Waals surface area contributed by atoms with Crippen LogP contribution in [0.2, 0.25) is 0 Å². The van der Waals surface area contributed by atoms with Gasteiger partial charge in [0.05, 0.1) is 16.5 Å². The molecule has 3 N–H and O–H groups in total. The minimum absolute atomic E-state index is 0.348. The number of benzene rings is 1. The van der Waals surface area contributed by atoms with Crippen molar-refractivity contribution in [2.24, 2.45) is 0 Å². The summed E-state index contributed by atoms with van der Waals surface area (Å²) < 4.78 is 9.84. The van der Waals surface area contributed by atoms with E-state index in [9.17, 15) is 35.5 Å². The fraction of sp³-hybridized carbons (Fsp3) is 0.455. The van der Waals surface area contributed by atoms with Gasteiger partial charge in [0.15, 0.2) is 12.4 Å². The Morgan fingerprint density at radius 3 is 2.45 bits per heavy atom. The van der Waals surface area contributed by atoms with Crippen molar-refractivity contribution in [3.63, 3.8) is 0 Å². The van der Waals surface area contributed by atoms with Crippen molar-refractivity contribution in [3.05, 3.63) is 38.4 Å². The van der Waals surface area contributed by atoms with E-state index in [1.165, 1.54) is 0 Å². The average Bonchev–Trinajstić information content (AvgIpc) is 2.47. The molecule has 0 bridgehead atoms. The van der Waals surface area contributed by atoms with E-state index < -0.39 is 51.6 Å². The molecule has 0 aromatic heterocycles. The van der Waals surface area contributed by atoms with E-state index in [0.717, 1.165) is 18.2 Å². The molecule has 1 saturated heterocycles. The van der Waals surface area contributed by atoms with Crippen LogP contribution in [0.15, 0.2) is 18.2 Å². The van der Waals surface area contributed by atoms with Gasteiger partial charge in [-0.3, -0.25) is 20.2 Å². The van der Waals surface area contributed by atoms with Gasteiger partial charge in [-0.05, 0) is 6.07 Å². The molecular formula is C11H12N2O9.